The molecule has 0 bridgehead atoms. The first-order valence-electron chi connectivity index (χ1n) is 12.5. The van der Waals surface area contributed by atoms with Crippen LogP contribution in [-0.2, 0) is 5.41 Å². The summed E-state index contributed by atoms with van der Waals surface area (Å²) in [5.74, 6) is 0. The number of hydrogen-bond donors (Lipinski definition) is 0. The fourth-order valence-corrected chi connectivity index (χ4v) is 6.24. The van der Waals surface area contributed by atoms with Crippen LogP contribution in [0.4, 0.5) is 0 Å². The summed E-state index contributed by atoms with van der Waals surface area (Å²) < 4.78 is 0. The van der Waals surface area contributed by atoms with E-state index in [-0.39, 0.29) is 0 Å². The van der Waals surface area contributed by atoms with E-state index >= 15 is 0 Å². The van der Waals surface area contributed by atoms with Gasteiger partial charge in [0.1, 0.15) is 0 Å². The highest BCUT2D eigenvalue weighted by Gasteiger charge is 2.47. The lowest BCUT2D eigenvalue weighted by Gasteiger charge is -2.34. The van der Waals surface area contributed by atoms with Crippen LogP contribution >= 0.6 is 0 Å². The Labute approximate surface area is 211 Å². The first-order valence-corrected chi connectivity index (χ1v) is 12.5. The van der Waals surface area contributed by atoms with E-state index in [9.17, 15) is 0 Å². The average Bonchev–Trinajstić information content (AvgIpc) is 3.25. The van der Waals surface area contributed by atoms with Crippen LogP contribution in [0.15, 0.2) is 134 Å². The monoisotopic (exact) mass is 459 g/mol. The van der Waals surface area contributed by atoms with Gasteiger partial charge in [0.05, 0.1) is 5.41 Å². The van der Waals surface area contributed by atoms with Gasteiger partial charge < -0.3 is 0 Å². The third-order valence-corrected chi connectivity index (χ3v) is 7.76. The van der Waals surface area contributed by atoms with Gasteiger partial charge in [-0.15, -0.1) is 0 Å². The number of pyridine rings is 1. The van der Waals surface area contributed by atoms with Crippen LogP contribution in [0.5, 0.6) is 0 Å². The van der Waals surface area contributed by atoms with Crippen LogP contribution in [0.2, 0.25) is 0 Å². The van der Waals surface area contributed by atoms with E-state index < -0.39 is 5.41 Å². The molecule has 0 atom stereocenters. The third-order valence-electron chi connectivity index (χ3n) is 7.76. The summed E-state index contributed by atoms with van der Waals surface area (Å²) in [5, 5.41) is 2.63. The molecular formula is C35H25N. The Morgan fingerprint density at radius 3 is 1.89 bits per heavy atom. The normalized spacial score (nSPS) is 13.4. The molecule has 1 nitrogen and oxygen atoms in total. The zero-order valence-corrected chi connectivity index (χ0v) is 20.1. The Morgan fingerprint density at radius 2 is 1.22 bits per heavy atom. The molecule has 0 aliphatic heterocycles. The van der Waals surface area contributed by atoms with E-state index in [1.54, 1.807) is 0 Å². The summed E-state index contributed by atoms with van der Waals surface area (Å²) in [5.41, 5.74) is 11.1. The largest absolute Gasteiger partial charge is 0.264 e. The van der Waals surface area contributed by atoms with Crippen molar-refractivity contribution in [3.05, 3.63) is 162 Å². The zero-order chi connectivity index (χ0) is 24.1. The molecule has 170 valence electrons. The Morgan fingerprint density at radius 1 is 0.556 bits per heavy atom. The molecule has 6 aromatic rings. The molecule has 1 heterocycles. The van der Waals surface area contributed by atoms with Gasteiger partial charge in [-0.3, -0.25) is 4.98 Å². The molecule has 7 rings (SSSR count). The lowest BCUT2D eigenvalue weighted by molar-refractivity contribution is 0.768. The van der Waals surface area contributed by atoms with Crippen molar-refractivity contribution in [3.63, 3.8) is 0 Å². The molecule has 1 aliphatic carbocycles. The maximum absolute atomic E-state index is 4.40. The van der Waals surface area contributed by atoms with Crippen LogP contribution in [0, 0.1) is 6.92 Å². The minimum Gasteiger partial charge on any atom is -0.264 e. The van der Waals surface area contributed by atoms with Crippen LogP contribution in [0.25, 0.3) is 33.0 Å². The van der Waals surface area contributed by atoms with Crippen molar-refractivity contribution in [2.45, 2.75) is 12.3 Å². The predicted octanol–water partition coefficient (Wildman–Crippen LogP) is 8.57. The molecule has 0 spiro atoms. The summed E-state index contributed by atoms with van der Waals surface area (Å²) in [7, 11) is 0. The number of aromatic nitrogens is 1. The van der Waals surface area contributed by atoms with E-state index in [0.29, 0.717) is 0 Å². The fraction of sp³-hybridized carbons (Fsp3) is 0.0571. The Hall–Kier alpha value is -4.49. The van der Waals surface area contributed by atoms with Gasteiger partial charge in [-0.25, -0.2) is 0 Å². The average molecular weight is 460 g/mol. The Kier molecular flexibility index (Phi) is 4.65. The van der Waals surface area contributed by atoms with Crippen molar-refractivity contribution in [1.82, 2.24) is 4.98 Å². The number of fused-ring (bicyclic) bond motifs is 5. The highest BCUT2D eigenvalue weighted by Crippen LogP contribution is 2.58. The summed E-state index contributed by atoms with van der Waals surface area (Å²) in [6.07, 6.45) is 3.79. The lowest BCUT2D eigenvalue weighted by Crippen LogP contribution is -2.28. The minimum absolute atomic E-state index is 0.416. The second kappa shape index (κ2) is 8.03. The molecule has 0 N–H and O–H groups in total. The van der Waals surface area contributed by atoms with Crippen molar-refractivity contribution in [2.75, 3.05) is 0 Å². The Balaban J connectivity index is 1.68. The number of hydrogen-bond acceptors (Lipinski definition) is 1. The van der Waals surface area contributed by atoms with Gasteiger partial charge in [-0.1, -0.05) is 109 Å². The molecule has 1 aliphatic rings. The molecule has 0 saturated heterocycles. The maximum Gasteiger partial charge on any atom is 0.0714 e. The molecule has 0 fully saturated rings. The standard InChI is InChI=1S/C35H25N/c1-24-21-33-34(30-17-9-8-16-29(24)30)31-19-18-25(26-11-10-20-36-23-26)22-32(31)35(33,27-12-4-2-5-13-27)28-14-6-3-7-15-28/h2-23H,1H3. The van der Waals surface area contributed by atoms with Crippen LogP contribution in [-0.4, -0.2) is 4.98 Å². The van der Waals surface area contributed by atoms with Crippen molar-refractivity contribution in [3.8, 4) is 22.3 Å². The van der Waals surface area contributed by atoms with Gasteiger partial charge in [-0.05, 0) is 79.9 Å². The summed E-state index contributed by atoms with van der Waals surface area (Å²) in [6, 6.07) is 44.4. The molecule has 0 saturated carbocycles. The van der Waals surface area contributed by atoms with Gasteiger partial charge >= 0.3 is 0 Å². The molecule has 1 heteroatoms. The molecule has 5 aromatic carbocycles. The second-order valence-electron chi connectivity index (χ2n) is 9.65. The van der Waals surface area contributed by atoms with Crippen LogP contribution < -0.4 is 0 Å². The topological polar surface area (TPSA) is 12.9 Å². The van der Waals surface area contributed by atoms with Crippen LogP contribution in [0.1, 0.15) is 27.8 Å². The highest BCUT2D eigenvalue weighted by atomic mass is 14.6. The lowest BCUT2D eigenvalue weighted by atomic mass is 9.67. The molecule has 0 unspecified atom stereocenters. The van der Waals surface area contributed by atoms with Gasteiger partial charge in [0.25, 0.3) is 0 Å². The number of nitrogens with zero attached hydrogens (tertiary/aromatic N) is 1. The van der Waals surface area contributed by atoms with E-state index in [1.807, 2.05) is 18.5 Å². The number of benzene rings is 5. The van der Waals surface area contributed by atoms with E-state index in [4.69, 9.17) is 0 Å². The molecular weight excluding hydrogens is 434 g/mol. The molecule has 1 aromatic heterocycles. The quantitative estimate of drug-likeness (QED) is 0.258. The van der Waals surface area contributed by atoms with E-state index in [0.717, 1.165) is 5.56 Å². The van der Waals surface area contributed by atoms with Gasteiger partial charge in [0, 0.05) is 12.4 Å². The fourth-order valence-electron chi connectivity index (χ4n) is 6.24. The number of rotatable bonds is 3. The van der Waals surface area contributed by atoms with Crippen molar-refractivity contribution in [2.24, 2.45) is 0 Å². The van der Waals surface area contributed by atoms with E-state index in [1.165, 1.54) is 55.3 Å². The summed E-state index contributed by atoms with van der Waals surface area (Å²) >= 11 is 0. The van der Waals surface area contributed by atoms with Crippen LogP contribution in [0.3, 0.4) is 0 Å². The second-order valence-corrected chi connectivity index (χ2v) is 9.65. The van der Waals surface area contributed by atoms with Crippen molar-refractivity contribution in [1.29, 1.82) is 0 Å². The first-order chi connectivity index (χ1) is 17.8. The maximum atomic E-state index is 4.40. The minimum atomic E-state index is -0.416. The zero-order valence-electron chi connectivity index (χ0n) is 20.1. The van der Waals surface area contributed by atoms with Crippen molar-refractivity contribution < 1.29 is 0 Å². The number of aryl methyl sites for hydroxylation is 1. The summed E-state index contributed by atoms with van der Waals surface area (Å²) in [6.45, 7) is 2.24. The van der Waals surface area contributed by atoms with Gasteiger partial charge in [0.15, 0.2) is 0 Å². The van der Waals surface area contributed by atoms with Gasteiger partial charge in [0.2, 0.25) is 0 Å². The Bertz CT molecular complexity index is 1680. The van der Waals surface area contributed by atoms with Gasteiger partial charge in [-0.2, -0.15) is 0 Å². The molecule has 0 radical (unpaired) electrons. The third kappa shape index (κ3) is 2.86. The first kappa shape index (κ1) is 20.8. The highest BCUT2D eigenvalue weighted by molar-refractivity contribution is 6.05. The van der Waals surface area contributed by atoms with E-state index in [2.05, 4.69) is 127 Å². The predicted molar refractivity (Wildman–Crippen MR) is 149 cm³/mol. The van der Waals surface area contributed by atoms with Crippen molar-refractivity contribution >= 4 is 10.8 Å². The molecule has 0 amide bonds. The molecule has 36 heavy (non-hydrogen) atoms. The SMILES string of the molecule is Cc1cc2c(c3ccccc13)-c1ccc(-c3cccnc3)cc1C2(c1ccccc1)c1ccccc1. The smallest absolute Gasteiger partial charge is 0.0714 e. The summed E-state index contributed by atoms with van der Waals surface area (Å²) in [4.78, 5) is 4.40.